The van der Waals surface area contributed by atoms with Crippen LogP contribution in [0.5, 0.6) is 0 Å². The molecule has 0 aromatic heterocycles. The summed E-state index contributed by atoms with van der Waals surface area (Å²) in [6.07, 6.45) is 4.98. The summed E-state index contributed by atoms with van der Waals surface area (Å²) in [6, 6.07) is 2.99. The van der Waals surface area contributed by atoms with Gasteiger partial charge in [0.25, 0.3) is 0 Å². The van der Waals surface area contributed by atoms with Gasteiger partial charge < -0.3 is 5.32 Å². The van der Waals surface area contributed by atoms with Crippen molar-refractivity contribution in [3.63, 3.8) is 0 Å². The normalized spacial score (nSPS) is 24.7. The maximum atomic E-state index is 8.96. The van der Waals surface area contributed by atoms with Crippen LogP contribution in [-0.2, 0) is 0 Å². The van der Waals surface area contributed by atoms with Gasteiger partial charge >= 0.3 is 0 Å². The van der Waals surface area contributed by atoms with Crippen molar-refractivity contribution in [2.24, 2.45) is 0 Å². The number of piperidine rings is 1. The summed E-state index contributed by atoms with van der Waals surface area (Å²) in [5, 5.41) is 12.4. The zero-order valence-corrected chi connectivity index (χ0v) is 10.00. The SMILES string of the molecule is CCCNCC1CCCCN1C(C)C#N. The Morgan fingerprint density at radius 3 is 3.00 bits per heavy atom. The van der Waals surface area contributed by atoms with Gasteiger partial charge in [0.2, 0.25) is 0 Å². The summed E-state index contributed by atoms with van der Waals surface area (Å²) in [4.78, 5) is 2.35. The van der Waals surface area contributed by atoms with Gasteiger partial charge in [-0.1, -0.05) is 13.3 Å². The Labute approximate surface area is 93.5 Å². The third-order valence-electron chi connectivity index (χ3n) is 3.16. The summed E-state index contributed by atoms with van der Waals surface area (Å²) < 4.78 is 0. The summed E-state index contributed by atoms with van der Waals surface area (Å²) in [5.74, 6) is 0. The molecule has 1 saturated heterocycles. The Morgan fingerprint density at radius 2 is 2.33 bits per heavy atom. The molecule has 0 radical (unpaired) electrons. The molecule has 3 nitrogen and oxygen atoms in total. The highest BCUT2D eigenvalue weighted by Crippen LogP contribution is 2.18. The van der Waals surface area contributed by atoms with Crippen LogP contribution >= 0.6 is 0 Å². The van der Waals surface area contributed by atoms with E-state index in [2.05, 4.69) is 23.2 Å². The van der Waals surface area contributed by atoms with Crippen molar-refractivity contribution in [1.82, 2.24) is 10.2 Å². The van der Waals surface area contributed by atoms with Crippen LogP contribution in [0.1, 0.15) is 39.5 Å². The number of hydrogen-bond acceptors (Lipinski definition) is 3. The predicted molar refractivity (Wildman–Crippen MR) is 62.6 cm³/mol. The average Bonchev–Trinajstić information content (AvgIpc) is 2.29. The Morgan fingerprint density at radius 1 is 1.53 bits per heavy atom. The second-order valence-electron chi connectivity index (χ2n) is 4.40. The Bertz CT molecular complexity index is 209. The van der Waals surface area contributed by atoms with E-state index in [0.29, 0.717) is 6.04 Å². The Hall–Kier alpha value is -0.590. The van der Waals surface area contributed by atoms with Crippen LogP contribution < -0.4 is 5.32 Å². The molecule has 1 aliphatic heterocycles. The number of nitrogens with zero attached hydrogens (tertiary/aromatic N) is 2. The van der Waals surface area contributed by atoms with Gasteiger partial charge in [0.05, 0.1) is 12.1 Å². The molecule has 0 aromatic carbocycles. The lowest BCUT2D eigenvalue weighted by Crippen LogP contribution is -2.49. The molecule has 0 bridgehead atoms. The van der Waals surface area contributed by atoms with Gasteiger partial charge in [-0.25, -0.2) is 0 Å². The van der Waals surface area contributed by atoms with E-state index in [-0.39, 0.29) is 6.04 Å². The van der Waals surface area contributed by atoms with Crippen LogP contribution in [0.15, 0.2) is 0 Å². The first-order chi connectivity index (χ1) is 7.29. The van der Waals surface area contributed by atoms with Gasteiger partial charge in [0, 0.05) is 12.6 Å². The fourth-order valence-corrected chi connectivity index (χ4v) is 2.27. The van der Waals surface area contributed by atoms with Crippen molar-refractivity contribution in [2.75, 3.05) is 19.6 Å². The Kier molecular flexibility index (Phi) is 5.67. The molecule has 1 aliphatic rings. The molecule has 86 valence electrons. The van der Waals surface area contributed by atoms with Gasteiger partial charge in [-0.05, 0) is 39.3 Å². The van der Waals surface area contributed by atoms with Gasteiger partial charge in [0.15, 0.2) is 0 Å². The summed E-state index contributed by atoms with van der Waals surface area (Å²) in [5.41, 5.74) is 0. The molecule has 0 spiro atoms. The largest absolute Gasteiger partial charge is 0.315 e. The molecule has 0 aromatic rings. The zero-order chi connectivity index (χ0) is 11.1. The minimum Gasteiger partial charge on any atom is -0.315 e. The number of nitriles is 1. The molecule has 0 amide bonds. The van der Waals surface area contributed by atoms with Crippen LogP contribution in [0.3, 0.4) is 0 Å². The molecule has 2 unspecified atom stereocenters. The highest BCUT2D eigenvalue weighted by Gasteiger charge is 2.25. The van der Waals surface area contributed by atoms with Gasteiger partial charge in [-0.3, -0.25) is 4.90 Å². The second-order valence-corrected chi connectivity index (χ2v) is 4.40. The zero-order valence-electron chi connectivity index (χ0n) is 10.00. The van der Waals surface area contributed by atoms with E-state index in [0.717, 1.165) is 19.6 Å². The highest BCUT2D eigenvalue weighted by atomic mass is 15.2. The standard InChI is InChI=1S/C12H23N3/c1-3-7-14-10-12-6-4-5-8-15(12)11(2)9-13/h11-12,14H,3-8,10H2,1-2H3. The lowest BCUT2D eigenvalue weighted by Gasteiger charge is -2.37. The first-order valence-corrected chi connectivity index (χ1v) is 6.15. The lowest BCUT2D eigenvalue weighted by atomic mass is 10.0. The Balaban J connectivity index is 2.40. The van der Waals surface area contributed by atoms with E-state index in [1.807, 2.05) is 6.92 Å². The molecular formula is C12H23N3. The van der Waals surface area contributed by atoms with E-state index in [9.17, 15) is 0 Å². The van der Waals surface area contributed by atoms with Crippen molar-refractivity contribution < 1.29 is 0 Å². The molecule has 3 heteroatoms. The molecule has 0 aliphatic carbocycles. The second kappa shape index (κ2) is 6.81. The number of nitrogens with one attached hydrogen (secondary N) is 1. The summed E-state index contributed by atoms with van der Waals surface area (Å²) >= 11 is 0. The molecule has 1 N–H and O–H groups in total. The third kappa shape index (κ3) is 3.81. The van der Waals surface area contributed by atoms with Crippen molar-refractivity contribution in [1.29, 1.82) is 5.26 Å². The number of likely N-dealkylation sites (tertiary alicyclic amines) is 1. The first-order valence-electron chi connectivity index (χ1n) is 6.15. The van der Waals surface area contributed by atoms with Gasteiger partial charge in [-0.15, -0.1) is 0 Å². The molecule has 2 atom stereocenters. The molecule has 1 rings (SSSR count). The van der Waals surface area contributed by atoms with E-state index in [1.54, 1.807) is 0 Å². The first kappa shape index (κ1) is 12.5. The third-order valence-corrected chi connectivity index (χ3v) is 3.16. The van der Waals surface area contributed by atoms with Crippen LogP contribution in [0.4, 0.5) is 0 Å². The van der Waals surface area contributed by atoms with E-state index >= 15 is 0 Å². The van der Waals surface area contributed by atoms with Crippen molar-refractivity contribution in [3.05, 3.63) is 0 Å². The van der Waals surface area contributed by atoms with E-state index in [4.69, 9.17) is 5.26 Å². The minimum atomic E-state index is 0.0683. The fraction of sp³-hybridized carbons (Fsp3) is 0.917. The van der Waals surface area contributed by atoms with Crippen LogP contribution in [-0.4, -0.2) is 36.6 Å². The highest BCUT2D eigenvalue weighted by molar-refractivity contribution is 4.93. The van der Waals surface area contributed by atoms with Gasteiger partial charge in [0.1, 0.15) is 0 Å². The molecular weight excluding hydrogens is 186 g/mol. The van der Waals surface area contributed by atoms with E-state index in [1.165, 1.54) is 25.7 Å². The number of hydrogen-bond donors (Lipinski definition) is 1. The molecule has 1 fully saturated rings. The van der Waals surface area contributed by atoms with Crippen LogP contribution in [0.2, 0.25) is 0 Å². The van der Waals surface area contributed by atoms with Gasteiger partial charge in [-0.2, -0.15) is 5.26 Å². The van der Waals surface area contributed by atoms with Crippen molar-refractivity contribution in [2.45, 2.75) is 51.6 Å². The average molecular weight is 209 g/mol. The molecule has 1 heterocycles. The molecule has 0 saturated carbocycles. The van der Waals surface area contributed by atoms with Crippen molar-refractivity contribution >= 4 is 0 Å². The maximum absolute atomic E-state index is 8.96. The maximum Gasteiger partial charge on any atom is 0.0952 e. The fourth-order valence-electron chi connectivity index (χ4n) is 2.27. The minimum absolute atomic E-state index is 0.0683. The lowest BCUT2D eigenvalue weighted by molar-refractivity contribution is 0.126. The van der Waals surface area contributed by atoms with Crippen LogP contribution in [0.25, 0.3) is 0 Å². The van der Waals surface area contributed by atoms with Crippen LogP contribution in [0, 0.1) is 11.3 Å². The monoisotopic (exact) mass is 209 g/mol. The summed E-state index contributed by atoms with van der Waals surface area (Å²) in [7, 11) is 0. The number of rotatable bonds is 5. The quantitative estimate of drug-likeness (QED) is 0.701. The smallest absolute Gasteiger partial charge is 0.0952 e. The predicted octanol–water partition coefficient (Wildman–Crippen LogP) is 1.75. The van der Waals surface area contributed by atoms with E-state index < -0.39 is 0 Å². The van der Waals surface area contributed by atoms with Crippen molar-refractivity contribution in [3.8, 4) is 6.07 Å². The topological polar surface area (TPSA) is 39.1 Å². The molecule has 15 heavy (non-hydrogen) atoms. The summed E-state index contributed by atoms with van der Waals surface area (Å²) in [6.45, 7) is 7.42.